The lowest BCUT2D eigenvalue weighted by molar-refractivity contribution is -0.145. The molecule has 3 N–H and O–H groups in total. The van der Waals surface area contributed by atoms with Crippen LogP contribution in [0.15, 0.2) is 22.7 Å². The zero-order valence-corrected chi connectivity index (χ0v) is 9.94. The van der Waals surface area contributed by atoms with Crippen LogP contribution in [0.25, 0.3) is 0 Å². The van der Waals surface area contributed by atoms with Crippen LogP contribution in [0.4, 0.5) is 0 Å². The van der Waals surface area contributed by atoms with E-state index < -0.39 is 11.4 Å². The number of carboxylic acid groups (broad SMARTS) is 1. The minimum Gasteiger partial charge on any atom is -0.508 e. The van der Waals surface area contributed by atoms with E-state index in [-0.39, 0.29) is 18.3 Å². The van der Waals surface area contributed by atoms with E-state index in [0.29, 0.717) is 6.42 Å². The van der Waals surface area contributed by atoms with Crippen LogP contribution >= 0.6 is 15.9 Å². The van der Waals surface area contributed by atoms with Gasteiger partial charge in [-0.15, -0.1) is 0 Å². The summed E-state index contributed by atoms with van der Waals surface area (Å²) in [5.41, 5.74) is -0.340. The number of aliphatic hydroxyl groups is 1. The quantitative estimate of drug-likeness (QED) is 0.790. The smallest absolute Gasteiger partial charge is 0.312 e. The molecule has 1 aromatic rings. The number of phenols is 1. The van der Waals surface area contributed by atoms with E-state index in [2.05, 4.69) is 15.9 Å². The van der Waals surface area contributed by atoms with Gasteiger partial charge < -0.3 is 15.3 Å². The summed E-state index contributed by atoms with van der Waals surface area (Å²) in [4.78, 5) is 11.1. The molecule has 1 fully saturated rings. The highest BCUT2D eigenvalue weighted by Crippen LogP contribution is 2.60. The van der Waals surface area contributed by atoms with Gasteiger partial charge in [-0.2, -0.15) is 0 Å². The van der Waals surface area contributed by atoms with Crippen LogP contribution in [0, 0.1) is 5.41 Å². The summed E-state index contributed by atoms with van der Waals surface area (Å²) >= 11 is 3.32. The second-order valence-electron chi connectivity index (χ2n) is 4.08. The maximum atomic E-state index is 11.1. The maximum absolute atomic E-state index is 11.1. The second kappa shape index (κ2) is 3.75. The molecule has 0 bridgehead atoms. The van der Waals surface area contributed by atoms with E-state index in [1.54, 1.807) is 6.07 Å². The molecule has 0 amide bonds. The molecule has 4 nitrogen and oxygen atoms in total. The van der Waals surface area contributed by atoms with Crippen molar-refractivity contribution in [2.24, 2.45) is 5.41 Å². The van der Waals surface area contributed by atoms with Crippen molar-refractivity contribution in [3.05, 3.63) is 28.2 Å². The highest BCUT2D eigenvalue weighted by Gasteiger charge is 2.61. The molecular formula is C11H11BrO4. The molecule has 5 heteroatoms. The van der Waals surface area contributed by atoms with Crippen molar-refractivity contribution in [1.82, 2.24) is 0 Å². The van der Waals surface area contributed by atoms with Gasteiger partial charge in [-0.1, -0.05) is 15.9 Å². The fraction of sp³-hybridized carbons (Fsp3) is 0.364. The van der Waals surface area contributed by atoms with E-state index in [1.807, 2.05) is 0 Å². The number of rotatable bonds is 3. The number of halogens is 1. The predicted molar refractivity (Wildman–Crippen MR) is 60.3 cm³/mol. The Morgan fingerprint density at radius 1 is 1.56 bits per heavy atom. The van der Waals surface area contributed by atoms with Crippen molar-refractivity contribution < 1.29 is 20.1 Å². The molecule has 0 heterocycles. The van der Waals surface area contributed by atoms with E-state index in [0.717, 1.165) is 10.0 Å². The fourth-order valence-corrected chi connectivity index (χ4v) is 2.51. The molecule has 0 spiro atoms. The number of hydrogen-bond donors (Lipinski definition) is 3. The first-order chi connectivity index (χ1) is 7.51. The summed E-state index contributed by atoms with van der Waals surface area (Å²) in [6.45, 7) is -0.380. The molecule has 2 rings (SSSR count). The van der Waals surface area contributed by atoms with Gasteiger partial charge in [-0.05, 0) is 30.2 Å². The van der Waals surface area contributed by atoms with Gasteiger partial charge in [0.2, 0.25) is 0 Å². The van der Waals surface area contributed by atoms with Gasteiger partial charge >= 0.3 is 5.97 Å². The van der Waals surface area contributed by atoms with Crippen LogP contribution in [0.1, 0.15) is 17.9 Å². The van der Waals surface area contributed by atoms with E-state index >= 15 is 0 Å². The third-order valence-corrected chi connectivity index (χ3v) is 3.86. The maximum Gasteiger partial charge on any atom is 0.312 e. The van der Waals surface area contributed by atoms with Gasteiger partial charge in [-0.25, -0.2) is 0 Å². The third kappa shape index (κ3) is 1.60. The Labute approximate surface area is 101 Å². The van der Waals surface area contributed by atoms with Crippen molar-refractivity contribution >= 4 is 21.9 Å². The standard InChI is InChI=1S/C11H11BrO4/c12-9-2-1-6(14)3-7(9)8-4-11(8,5-13)10(15)16/h1-3,8,13-14H,4-5H2,(H,15,16)/t8-,11-/m0/s1. The number of hydrogen-bond acceptors (Lipinski definition) is 3. The molecule has 0 aromatic heterocycles. The first kappa shape index (κ1) is 11.4. The minimum atomic E-state index is -1.07. The molecule has 1 aromatic carbocycles. The van der Waals surface area contributed by atoms with Crippen molar-refractivity contribution in [3.8, 4) is 5.75 Å². The first-order valence-electron chi connectivity index (χ1n) is 4.84. The first-order valence-corrected chi connectivity index (χ1v) is 5.63. The van der Waals surface area contributed by atoms with Gasteiger partial charge in [0.25, 0.3) is 0 Å². The van der Waals surface area contributed by atoms with E-state index in [1.165, 1.54) is 12.1 Å². The molecule has 1 saturated carbocycles. The van der Waals surface area contributed by atoms with E-state index in [4.69, 9.17) is 10.2 Å². The van der Waals surface area contributed by atoms with Crippen molar-refractivity contribution in [2.75, 3.05) is 6.61 Å². The molecule has 1 aliphatic rings. The average Bonchev–Trinajstić information content (AvgIpc) is 2.97. The Hall–Kier alpha value is -1.07. The Morgan fingerprint density at radius 3 is 2.75 bits per heavy atom. The van der Waals surface area contributed by atoms with Crippen LogP contribution in [-0.4, -0.2) is 27.9 Å². The van der Waals surface area contributed by atoms with Crippen LogP contribution in [0.3, 0.4) is 0 Å². The van der Waals surface area contributed by atoms with Gasteiger partial charge in [0, 0.05) is 10.4 Å². The molecule has 0 aliphatic heterocycles. The molecule has 86 valence electrons. The Bertz CT molecular complexity index is 446. The van der Waals surface area contributed by atoms with Crippen molar-refractivity contribution in [2.45, 2.75) is 12.3 Å². The second-order valence-corrected chi connectivity index (χ2v) is 4.94. The molecule has 0 saturated heterocycles. The Morgan fingerprint density at radius 2 is 2.25 bits per heavy atom. The number of aliphatic carboxylic acids is 1. The number of benzene rings is 1. The van der Waals surface area contributed by atoms with Gasteiger partial charge in [0.15, 0.2) is 0 Å². The van der Waals surface area contributed by atoms with Gasteiger partial charge in [0.05, 0.1) is 12.0 Å². The lowest BCUT2D eigenvalue weighted by Crippen LogP contribution is -2.21. The molecular weight excluding hydrogens is 276 g/mol. The molecule has 0 radical (unpaired) electrons. The summed E-state index contributed by atoms with van der Waals surface area (Å²) < 4.78 is 0.756. The minimum absolute atomic E-state index is 0.0994. The number of carboxylic acids is 1. The molecule has 2 atom stereocenters. The number of aromatic hydroxyl groups is 1. The number of aliphatic hydroxyl groups excluding tert-OH is 1. The van der Waals surface area contributed by atoms with Crippen LogP contribution in [0.2, 0.25) is 0 Å². The van der Waals surface area contributed by atoms with E-state index in [9.17, 15) is 9.90 Å². The zero-order valence-electron chi connectivity index (χ0n) is 8.35. The highest BCUT2D eigenvalue weighted by molar-refractivity contribution is 9.10. The fourth-order valence-electron chi connectivity index (χ4n) is 1.99. The van der Waals surface area contributed by atoms with Crippen LogP contribution in [-0.2, 0) is 4.79 Å². The Balaban J connectivity index is 2.35. The lowest BCUT2D eigenvalue weighted by Gasteiger charge is -2.10. The van der Waals surface area contributed by atoms with Crippen molar-refractivity contribution in [1.29, 1.82) is 0 Å². The summed E-state index contributed by atoms with van der Waals surface area (Å²) in [5, 5.41) is 27.6. The third-order valence-electron chi connectivity index (χ3n) is 3.14. The summed E-state index contributed by atoms with van der Waals surface area (Å²) in [6, 6.07) is 4.74. The van der Waals surface area contributed by atoms with Crippen LogP contribution < -0.4 is 0 Å². The molecule has 1 aliphatic carbocycles. The SMILES string of the molecule is O=C(O)[C@]1(CO)C[C@H]1c1cc(O)ccc1Br. The average molecular weight is 287 g/mol. The summed E-state index contributed by atoms with van der Waals surface area (Å²) in [5.74, 6) is -1.13. The normalized spacial score (nSPS) is 27.8. The molecule has 16 heavy (non-hydrogen) atoms. The lowest BCUT2D eigenvalue weighted by atomic mass is 10.00. The van der Waals surface area contributed by atoms with Crippen LogP contribution in [0.5, 0.6) is 5.75 Å². The summed E-state index contributed by atoms with van der Waals surface area (Å²) in [7, 11) is 0. The zero-order chi connectivity index (χ0) is 11.9. The Kier molecular flexibility index (Phi) is 2.67. The van der Waals surface area contributed by atoms with Gasteiger partial charge in [0.1, 0.15) is 5.75 Å². The topological polar surface area (TPSA) is 77.8 Å². The number of carbonyl (C=O) groups is 1. The molecule has 0 unspecified atom stereocenters. The predicted octanol–water partition coefficient (Wildman–Crippen LogP) is 1.71. The van der Waals surface area contributed by atoms with Crippen molar-refractivity contribution in [3.63, 3.8) is 0 Å². The largest absolute Gasteiger partial charge is 0.508 e. The monoisotopic (exact) mass is 286 g/mol. The van der Waals surface area contributed by atoms with Gasteiger partial charge in [-0.3, -0.25) is 4.79 Å². The highest BCUT2D eigenvalue weighted by atomic mass is 79.9. The summed E-state index contributed by atoms with van der Waals surface area (Å²) in [6.07, 6.45) is 0.404. The number of phenolic OH excluding ortho intramolecular Hbond substituents is 1.